The van der Waals surface area contributed by atoms with Crippen molar-refractivity contribution in [3.63, 3.8) is 0 Å². The van der Waals surface area contributed by atoms with Crippen LogP contribution in [0.2, 0.25) is 0 Å². The molecule has 1 saturated carbocycles. The Morgan fingerprint density at radius 1 is 1.23 bits per heavy atom. The third kappa shape index (κ3) is 4.39. The second-order valence-corrected chi connectivity index (χ2v) is 8.85. The van der Waals surface area contributed by atoms with E-state index in [0.717, 1.165) is 30.4 Å². The van der Waals surface area contributed by atoms with Crippen molar-refractivity contribution in [1.29, 1.82) is 0 Å². The number of hydrogen-bond acceptors (Lipinski definition) is 6. The number of nitrogens with one attached hydrogen (secondary N) is 1. The fourth-order valence-electron chi connectivity index (χ4n) is 3.50. The Balaban J connectivity index is 1.59. The van der Waals surface area contributed by atoms with Gasteiger partial charge in [-0.15, -0.1) is 5.10 Å². The first kappa shape index (κ1) is 18.8. The number of aromatic nitrogens is 3. The van der Waals surface area contributed by atoms with Gasteiger partial charge in [-0.2, -0.15) is 0 Å². The molecule has 0 spiro atoms. The van der Waals surface area contributed by atoms with Gasteiger partial charge in [0.05, 0.1) is 11.4 Å². The van der Waals surface area contributed by atoms with Crippen molar-refractivity contribution in [1.82, 2.24) is 24.6 Å². The van der Waals surface area contributed by atoms with E-state index in [1.807, 2.05) is 0 Å². The highest BCUT2D eigenvalue weighted by Gasteiger charge is 2.34. The molecule has 144 valence electrons. The van der Waals surface area contributed by atoms with E-state index in [-0.39, 0.29) is 30.7 Å². The summed E-state index contributed by atoms with van der Waals surface area (Å²) >= 11 is 0. The zero-order valence-electron chi connectivity index (χ0n) is 14.4. The monoisotopic (exact) mass is 385 g/mol. The van der Waals surface area contributed by atoms with E-state index >= 15 is 0 Å². The molecule has 3 rings (SSSR count). The normalized spacial score (nSPS) is 21.8. The molecule has 0 bridgehead atoms. The number of piperidine rings is 1. The summed E-state index contributed by atoms with van der Waals surface area (Å²) in [4.78, 5) is 24.8. The molecule has 1 unspecified atom stereocenters. The van der Waals surface area contributed by atoms with Crippen molar-refractivity contribution in [2.24, 2.45) is 0 Å². The van der Waals surface area contributed by atoms with Crippen LogP contribution >= 0.6 is 0 Å². The van der Waals surface area contributed by atoms with Gasteiger partial charge in [-0.05, 0) is 25.7 Å². The van der Waals surface area contributed by atoms with Gasteiger partial charge in [0.2, 0.25) is 15.9 Å². The fraction of sp³-hybridized carbons (Fsp3) is 0.733. The molecule has 1 saturated heterocycles. The molecule has 1 atom stereocenters. The number of carboxylic acids is 1. The minimum atomic E-state index is -3.47. The average Bonchev–Trinajstić information content (AvgIpc) is 3.26. The summed E-state index contributed by atoms with van der Waals surface area (Å²) in [5.74, 6) is -1.52. The van der Waals surface area contributed by atoms with Crippen LogP contribution in [0.15, 0.2) is 6.20 Å². The van der Waals surface area contributed by atoms with Gasteiger partial charge in [0, 0.05) is 19.1 Å². The smallest absolute Gasteiger partial charge is 0.358 e. The molecule has 2 heterocycles. The van der Waals surface area contributed by atoms with Gasteiger partial charge >= 0.3 is 5.97 Å². The maximum absolute atomic E-state index is 12.6. The topological polar surface area (TPSA) is 134 Å². The number of likely N-dealkylation sites (tertiary alicyclic amines) is 1. The number of amides is 1. The molecular formula is C15H23N5O5S. The summed E-state index contributed by atoms with van der Waals surface area (Å²) in [6, 6.07) is 0.00988. The quantitative estimate of drug-likeness (QED) is 0.694. The highest BCUT2D eigenvalue weighted by Crippen LogP contribution is 2.22. The molecule has 11 heteroatoms. The number of carbonyl (C=O) groups excluding carboxylic acids is 1. The fourth-order valence-corrected chi connectivity index (χ4v) is 5.25. The van der Waals surface area contributed by atoms with Gasteiger partial charge < -0.3 is 10.0 Å². The largest absolute Gasteiger partial charge is 0.476 e. The maximum atomic E-state index is 12.6. The highest BCUT2D eigenvalue weighted by molar-refractivity contribution is 7.90. The van der Waals surface area contributed by atoms with Crippen LogP contribution in [0, 0.1) is 0 Å². The Morgan fingerprint density at radius 2 is 1.96 bits per heavy atom. The molecule has 1 aromatic rings. The molecular weight excluding hydrogens is 362 g/mol. The Labute approximate surface area is 151 Å². The average molecular weight is 385 g/mol. The summed E-state index contributed by atoms with van der Waals surface area (Å²) in [5.41, 5.74) is -0.238. The van der Waals surface area contributed by atoms with Crippen LogP contribution in [0.4, 0.5) is 0 Å². The first-order valence-electron chi connectivity index (χ1n) is 8.77. The van der Waals surface area contributed by atoms with Gasteiger partial charge in [-0.25, -0.2) is 22.6 Å². The molecule has 26 heavy (non-hydrogen) atoms. The zero-order chi connectivity index (χ0) is 18.7. The van der Waals surface area contributed by atoms with E-state index in [4.69, 9.17) is 5.11 Å². The minimum Gasteiger partial charge on any atom is -0.476 e. The summed E-state index contributed by atoms with van der Waals surface area (Å²) < 4.78 is 29.2. The van der Waals surface area contributed by atoms with Gasteiger partial charge in [0.25, 0.3) is 0 Å². The molecule has 2 fully saturated rings. The third-order valence-corrected chi connectivity index (χ3v) is 6.84. The second kappa shape index (κ2) is 7.70. The molecule has 0 radical (unpaired) electrons. The molecule has 1 aliphatic heterocycles. The molecule has 2 N–H and O–H groups in total. The Kier molecular flexibility index (Phi) is 5.56. The summed E-state index contributed by atoms with van der Waals surface area (Å²) in [6.07, 6.45) is 6.13. The number of nitrogens with zero attached hydrogens (tertiary/aromatic N) is 4. The van der Waals surface area contributed by atoms with Crippen molar-refractivity contribution in [2.45, 2.75) is 56.4 Å². The van der Waals surface area contributed by atoms with E-state index in [9.17, 15) is 18.0 Å². The van der Waals surface area contributed by atoms with E-state index in [1.165, 1.54) is 11.1 Å². The van der Waals surface area contributed by atoms with Crippen LogP contribution in [0.1, 0.15) is 49.0 Å². The first-order valence-corrected chi connectivity index (χ1v) is 10.3. The van der Waals surface area contributed by atoms with Crippen molar-refractivity contribution >= 4 is 21.9 Å². The Bertz CT molecular complexity index is 771. The maximum Gasteiger partial charge on any atom is 0.358 e. The molecule has 1 aromatic heterocycles. The lowest BCUT2D eigenvalue weighted by atomic mass is 10.1. The number of sulfonamides is 1. The third-order valence-electron chi connectivity index (χ3n) is 4.91. The summed E-state index contributed by atoms with van der Waals surface area (Å²) in [6.45, 7) is 0.458. The number of rotatable bonds is 6. The van der Waals surface area contributed by atoms with Gasteiger partial charge in [0.15, 0.2) is 5.69 Å². The van der Waals surface area contributed by atoms with Crippen LogP contribution in [0.3, 0.4) is 0 Å². The van der Waals surface area contributed by atoms with Crippen LogP contribution in [-0.4, -0.2) is 69.7 Å². The number of hydrogen-bond donors (Lipinski definition) is 2. The van der Waals surface area contributed by atoms with Crippen molar-refractivity contribution < 1.29 is 23.1 Å². The number of carboxylic acid groups (broad SMARTS) is 1. The number of carbonyl (C=O) groups is 2. The van der Waals surface area contributed by atoms with E-state index in [2.05, 4.69) is 15.0 Å². The molecule has 2 aliphatic rings. The van der Waals surface area contributed by atoms with Crippen molar-refractivity contribution in [3.05, 3.63) is 11.9 Å². The molecule has 1 aliphatic carbocycles. The Morgan fingerprint density at radius 3 is 2.62 bits per heavy atom. The van der Waals surface area contributed by atoms with Crippen LogP contribution < -0.4 is 4.72 Å². The first-order chi connectivity index (χ1) is 12.3. The lowest BCUT2D eigenvalue weighted by Crippen LogP contribution is -2.50. The van der Waals surface area contributed by atoms with Gasteiger partial charge in [0.1, 0.15) is 6.54 Å². The molecule has 10 nitrogen and oxygen atoms in total. The van der Waals surface area contributed by atoms with E-state index < -0.39 is 21.2 Å². The zero-order valence-corrected chi connectivity index (χ0v) is 15.2. The van der Waals surface area contributed by atoms with E-state index in [1.54, 1.807) is 0 Å². The standard InChI is InChI=1S/C15H23N5O5S/c21-14(10-20-9-13(15(22)23)16-18-20)19-7-3-6-12(8-19)26(24,25)17-11-4-1-2-5-11/h9,11-12,17H,1-8,10H2,(H,22,23). The number of aromatic carboxylic acids is 1. The van der Waals surface area contributed by atoms with Gasteiger partial charge in [-0.3, -0.25) is 4.79 Å². The Hall–Kier alpha value is -2.01. The molecule has 0 aromatic carbocycles. The molecule has 1 amide bonds. The van der Waals surface area contributed by atoms with Crippen LogP contribution in [0.25, 0.3) is 0 Å². The summed E-state index contributed by atoms with van der Waals surface area (Å²) in [7, 11) is -3.47. The van der Waals surface area contributed by atoms with Crippen molar-refractivity contribution in [2.75, 3.05) is 13.1 Å². The van der Waals surface area contributed by atoms with Crippen LogP contribution in [0.5, 0.6) is 0 Å². The van der Waals surface area contributed by atoms with E-state index in [0.29, 0.717) is 19.4 Å². The predicted octanol–water partition coefficient (Wildman–Crippen LogP) is -0.171. The second-order valence-electron chi connectivity index (χ2n) is 6.85. The van der Waals surface area contributed by atoms with Crippen molar-refractivity contribution in [3.8, 4) is 0 Å². The summed E-state index contributed by atoms with van der Waals surface area (Å²) in [5, 5.41) is 15.3. The highest BCUT2D eigenvalue weighted by atomic mass is 32.2. The van der Waals surface area contributed by atoms with Gasteiger partial charge in [-0.1, -0.05) is 18.1 Å². The predicted molar refractivity (Wildman–Crippen MR) is 90.9 cm³/mol. The van der Waals surface area contributed by atoms with Crippen LogP contribution in [-0.2, 0) is 21.4 Å². The minimum absolute atomic E-state index is 0.00988. The SMILES string of the molecule is O=C(O)c1cn(CC(=O)N2CCCC(S(=O)(=O)NC3CCCC3)C2)nn1. The lowest BCUT2D eigenvalue weighted by Gasteiger charge is -2.33. The lowest BCUT2D eigenvalue weighted by molar-refractivity contribution is -0.132.